The maximum absolute atomic E-state index is 11.4. The zero-order valence-electron chi connectivity index (χ0n) is 11.3. The zero-order chi connectivity index (χ0) is 13.2. The van der Waals surface area contributed by atoms with Crippen LogP contribution in [0.2, 0.25) is 0 Å². The van der Waals surface area contributed by atoms with Gasteiger partial charge in [0.05, 0.1) is 6.54 Å². The van der Waals surface area contributed by atoms with Crippen LogP contribution in [0.1, 0.15) is 24.0 Å². The molecule has 0 radical (unpaired) electrons. The Kier molecular flexibility index (Phi) is 3.38. The summed E-state index contributed by atoms with van der Waals surface area (Å²) < 4.78 is 0. The van der Waals surface area contributed by atoms with Crippen molar-refractivity contribution in [1.82, 2.24) is 15.6 Å². The third-order valence-electron chi connectivity index (χ3n) is 3.62. The van der Waals surface area contributed by atoms with Crippen molar-refractivity contribution >= 4 is 11.7 Å². The molecule has 1 amide bonds. The lowest BCUT2D eigenvalue weighted by molar-refractivity contribution is -0.120. The third kappa shape index (κ3) is 3.04. The van der Waals surface area contributed by atoms with Crippen LogP contribution < -0.4 is 15.5 Å². The summed E-state index contributed by atoms with van der Waals surface area (Å²) in [6, 6.07) is 2.88. The molecule has 1 aromatic heterocycles. The standard InChI is InChI=1S/C14H20N4O/c1-10-6-11(7-16-12-2-3-12)8-17-14(10)18-5-4-15-13(19)9-18/h6,8,12,16H,2-5,7,9H2,1H3,(H,15,19). The number of hydrogen-bond acceptors (Lipinski definition) is 4. The smallest absolute Gasteiger partial charge is 0.239 e. The molecule has 2 heterocycles. The van der Waals surface area contributed by atoms with Crippen molar-refractivity contribution in [3.05, 3.63) is 23.4 Å². The molecular formula is C14H20N4O. The predicted molar refractivity (Wildman–Crippen MR) is 74.1 cm³/mol. The molecule has 19 heavy (non-hydrogen) atoms. The average Bonchev–Trinajstić information content (AvgIpc) is 3.20. The van der Waals surface area contributed by atoms with Crippen LogP contribution >= 0.6 is 0 Å². The normalized spacial score (nSPS) is 19.4. The summed E-state index contributed by atoms with van der Waals surface area (Å²) in [6.07, 6.45) is 4.52. The van der Waals surface area contributed by atoms with E-state index in [0.29, 0.717) is 19.1 Å². The van der Waals surface area contributed by atoms with Crippen LogP contribution in [0.4, 0.5) is 5.82 Å². The number of rotatable bonds is 4. The molecular weight excluding hydrogens is 240 g/mol. The second-order valence-electron chi connectivity index (χ2n) is 5.41. The Morgan fingerprint density at radius 1 is 1.53 bits per heavy atom. The number of aryl methyl sites for hydroxylation is 1. The SMILES string of the molecule is Cc1cc(CNC2CC2)cnc1N1CCNC(=O)C1. The minimum absolute atomic E-state index is 0.0759. The van der Waals surface area contributed by atoms with E-state index in [1.807, 2.05) is 11.1 Å². The van der Waals surface area contributed by atoms with E-state index in [1.165, 1.54) is 18.4 Å². The summed E-state index contributed by atoms with van der Waals surface area (Å²) in [5.41, 5.74) is 2.36. The van der Waals surface area contributed by atoms with Crippen molar-refractivity contribution in [2.24, 2.45) is 0 Å². The molecule has 2 N–H and O–H groups in total. The molecule has 0 aromatic carbocycles. The summed E-state index contributed by atoms with van der Waals surface area (Å²) in [5.74, 6) is 1.01. The third-order valence-corrected chi connectivity index (χ3v) is 3.62. The molecule has 102 valence electrons. The van der Waals surface area contributed by atoms with Crippen molar-refractivity contribution in [3.63, 3.8) is 0 Å². The van der Waals surface area contributed by atoms with Crippen molar-refractivity contribution in [1.29, 1.82) is 0 Å². The second kappa shape index (κ2) is 5.17. The Hall–Kier alpha value is -1.62. The van der Waals surface area contributed by atoms with Gasteiger partial charge in [-0.3, -0.25) is 4.79 Å². The van der Waals surface area contributed by atoms with Gasteiger partial charge in [-0.25, -0.2) is 4.98 Å². The molecule has 0 atom stereocenters. The van der Waals surface area contributed by atoms with Crippen LogP contribution in [0, 0.1) is 6.92 Å². The number of anilines is 1. The van der Waals surface area contributed by atoms with Gasteiger partial charge in [0.25, 0.3) is 0 Å². The fourth-order valence-electron chi connectivity index (χ4n) is 2.42. The molecule has 2 aliphatic rings. The first-order valence-electron chi connectivity index (χ1n) is 6.93. The molecule has 1 saturated carbocycles. The molecule has 1 aromatic rings. The Morgan fingerprint density at radius 2 is 2.37 bits per heavy atom. The van der Waals surface area contributed by atoms with E-state index in [9.17, 15) is 4.79 Å². The number of nitrogens with one attached hydrogen (secondary N) is 2. The number of amides is 1. The van der Waals surface area contributed by atoms with Gasteiger partial charge in [0.1, 0.15) is 5.82 Å². The highest BCUT2D eigenvalue weighted by molar-refractivity contribution is 5.82. The van der Waals surface area contributed by atoms with Gasteiger partial charge in [0.2, 0.25) is 5.91 Å². The Labute approximate surface area is 113 Å². The first-order chi connectivity index (χ1) is 9.22. The van der Waals surface area contributed by atoms with Gasteiger partial charge in [-0.15, -0.1) is 0 Å². The van der Waals surface area contributed by atoms with Crippen LogP contribution in [0.25, 0.3) is 0 Å². The van der Waals surface area contributed by atoms with E-state index in [-0.39, 0.29) is 5.91 Å². The predicted octanol–water partition coefficient (Wildman–Crippen LogP) is 0.578. The number of nitrogens with zero attached hydrogens (tertiary/aromatic N) is 2. The number of aromatic nitrogens is 1. The maximum Gasteiger partial charge on any atom is 0.239 e. The van der Waals surface area contributed by atoms with Crippen LogP contribution in [0.5, 0.6) is 0 Å². The minimum atomic E-state index is 0.0759. The Bertz CT molecular complexity index is 484. The van der Waals surface area contributed by atoms with E-state index in [2.05, 4.69) is 28.6 Å². The molecule has 0 unspecified atom stereocenters. The van der Waals surface area contributed by atoms with Gasteiger partial charge < -0.3 is 15.5 Å². The number of carbonyl (C=O) groups is 1. The Balaban J connectivity index is 1.69. The molecule has 1 aliphatic carbocycles. The van der Waals surface area contributed by atoms with Crippen LogP contribution in [0.15, 0.2) is 12.3 Å². The second-order valence-corrected chi connectivity index (χ2v) is 5.41. The zero-order valence-corrected chi connectivity index (χ0v) is 11.3. The lowest BCUT2D eigenvalue weighted by atomic mass is 10.2. The van der Waals surface area contributed by atoms with E-state index >= 15 is 0 Å². The number of hydrogen-bond donors (Lipinski definition) is 2. The largest absolute Gasteiger partial charge is 0.353 e. The van der Waals surface area contributed by atoms with E-state index in [4.69, 9.17) is 0 Å². The molecule has 1 saturated heterocycles. The van der Waals surface area contributed by atoms with Crippen LogP contribution in [-0.4, -0.2) is 36.6 Å². The maximum atomic E-state index is 11.4. The summed E-state index contributed by atoms with van der Waals surface area (Å²) in [4.78, 5) is 18.0. The topological polar surface area (TPSA) is 57.3 Å². The minimum Gasteiger partial charge on any atom is -0.353 e. The molecule has 1 aliphatic heterocycles. The average molecular weight is 260 g/mol. The Morgan fingerprint density at radius 3 is 3.05 bits per heavy atom. The summed E-state index contributed by atoms with van der Waals surface area (Å²) >= 11 is 0. The van der Waals surface area contributed by atoms with E-state index < -0.39 is 0 Å². The van der Waals surface area contributed by atoms with Gasteiger partial charge in [-0.05, 0) is 37.0 Å². The van der Waals surface area contributed by atoms with E-state index in [1.54, 1.807) is 0 Å². The summed E-state index contributed by atoms with van der Waals surface area (Å²) in [5, 5.41) is 6.32. The quantitative estimate of drug-likeness (QED) is 0.831. The van der Waals surface area contributed by atoms with Crippen molar-refractivity contribution in [2.75, 3.05) is 24.5 Å². The van der Waals surface area contributed by atoms with Crippen LogP contribution in [0.3, 0.4) is 0 Å². The summed E-state index contributed by atoms with van der Waals surface area (Å²) in [7, 11) is 0. The number of pyridine rings is 1. The molecule has 5 nitrogen and oxygen atoms in total. The molecule has 2 fully saturated rings. The number of piperazine rings is 1. The highest BCUT2D eigenvalue weighted by atomic mass is 16.2. The van der Waals surface area contributed by atoms with Crippen molar-refractivity contribution in [2.45, 2.75) is 32.4 Å². The molecule has 3 rings (SSSR count). The highest BCUT2D eigenvalue weighted by Gasteiger charge is 2.21. The van der Waals surface area contributed by atoms with Gasteiger partial charge in [0, 0.05) is 31.9 Å². The van der Waals surface area contributed by atoms with Gasteiger partial charge >= 0.3 is 0 Å². The fourth-order valence-corrected chi connectivity index (χ4v) is 2.42. The van der Waals surface area contributed by atoms with Crippen molar-refractivity contribution in [3.8, 4) is 0 Å². The lowest BCUT2D eigenvalue weighted by Gasteiger charge is -2.28. The van der Waals surface area contributed by atoms with Crippen LogP contribution in [-0.2, 0) is 11.3 Å². The first kappa shape index (κ1) is 12.4. The molecule has 0 spiro atoms. The van der Waals surface area contributed by atoms with Gasteiger partial charge in [-0.1, -0.05) is 0 Å². The number of carbonyl (C=O) groups excluding carboxylic acids is 1. The van der Waals surface area contributed by atoms with Gasteiger partial charge in [0.15, 0.2) is 0 Å². The fraction of sp³-hybridized carbons (Fsp3) is 0.571. The monoisotopic (exact) mass is 260 g/mol. The molecule has 5 heteroatoms. The first-order valence-corrected chi connectivity index (χ1v) is 6.93. The van der Waals surface area contributed by atoms with Crippen molar-refractivity contribution < 1.29 is 4.79 Å². The highest BCUT2D eigenvalue weighted by Crippen LogP contribution is 2.21. The summed E-state index contributed by atoms with van der Waals surface area (Å²) in [6.45, 7) is 4.90. The van der Waals surface area contributed by atoms with E-state index in [0.717, 1.165) is 24.5 Å². The lowest BCUT2D eigenvalue weighted by Crippen LogP contribution is -2.48. The van der Waals surface area contributed by atoms with Gasteiger partial charge in [-0.2, -0.15) is 0 Å². The molecule has 0 bridgehead atoms.